The summed E-state index contributed by atoms with van der Waals surface area (Å²) in [5, 5.41) is 3.90. The van der Waals surface area contributed by atoms with E-state index in [4.69, 9.17) is 15.8 Å². The molecule has 0 saturated heterocycles. The number of halogens is 1. The Kier molecular flexibility index (Phi) is 3.35. The molecular formula is C9H12ClN3O4S. The lowest BCUT2D eigenvalue weighted by atomic mass is 10.3. The highest BCUT2D eigenvalue weighted by atomic mass is 35.5. The predicted octanol–water partition coefficient (Wildman–Crippen LogP) is -0.0495. The van der Waals surface area contributed by atoms with Crippen LogP contribution in [0.1, 0.15) is 13.3 Å². The molecule has 0 fully saturated rings. The minimum Gasteiger partial charge on any atom is -0.308 e. The van der Waals surface area contributed by atoms with Crippen molar-refractivity contribution in [1.82, 2.24) is 10.3 Å². The number of carbonyl (C=O) groups excluding carboxylic acids is 1. The summed E-state index contributed by atoms with van der Waals surface area (Å²) >= 11 is 5.85. The quantitative estimate of drug-likeness (QED) is 0.721. The second-order valence-electron chi connectivity index (χ2n) is 4.01. The number of rotatable bonds is 2. The largest absolute Gasteiger partial charge is 0.308 e. The van der Waals surface area contributed by atoms with Crippen molar-refractivity contribution in [2.45, 2.75) is 19.6 Å². The number of nitrogens with one attached hydrogen (secondary N) is 1. The summed E-state index contributed by atoms with van der Waals surface area (Å²) in [5.41, 5.74) is 3.07. The molecule has 0 aliphatic carbocycles. The van der Waals surface area contributed by atoms with Crippen LogP contribution < -0.4 is 5.43 Å². The molecule has 1 unspecified atom stereocenters. The van der Waals surface area contributed by atoms with Crippen LogP contribution in [0.5, 0.6) is 0 Å². The van der Waals surface area contributed by atoms with Crippen LogP contribution in [0.2, 0.25) is 0 Å². The Labute approximate surface area is 110 Å². The Morgan fingerprint density at radius 1 is 1.56 bits per heavy atom. The van der Waals surface area contributed by atoms with E-state index in [1.54, 1.807) is 6.92 Å². The van der Waals surface area contributed by atoms with Crippen LogP contribution in [0.4, 0.5) is 0 Å². The third-order valence-electron chi connectivity index (χ3n) is 2.57. The molecule has 0 saturated carbocycles. The molecule has 2 heterocycles. The Hall–Kier alpha value is -1.12. The van der Waals surface area contributed by atoms with E-state index in [2.05, 4.69) is 10.5 Å². The van der Waals surface area contributed by atoms with Crippen LogP contribution in [0, 0.1) is 0 Å². The second-order valence-corrected chi connectivity index (χ2v) is 5.99. The number of hydrazone groups is 1. The molecule has 0 aromatic carbocycles. The molecule has 0 aromatic heterocycles. The van der Waals surface area contributed by atoms with Crippen molar-refractivity contribution in [3.05, 3.63) is 10.6 Å². The molecule has 1 amide bonds. The fourth-order valence-corrected chi connectivity index (χ4v) is 2.51. The standard InChI is InChI=1S/C9H12ClN3O4S/c1-5-7(10)8(14)13(6-3-4-11-12-6)9(5)17-18(2,15)16/h9,11H,3-4H2,1-2H3. The zero-order valence-corrected chi connectivity index (χ0v) is 11.4. The fraction of sp³-hybridized carbons (Fsp3) is 0.556. The minimum atomic E-state index is -3.71. The Bertz CT molecular complexity index is 554. The molecule has 7 nitrogen and oxygen atoms in total. The van der Waals surface area contributed by atoms with Gasteiger partial charge in [0.1, 0.15) is 10.9 Å². The summed E-state index contributed by atoms with van der Waals surface area (Å²) in [5.74, 6) is -0.0751. The van der Waals surface area contributed by atoms with E-state index in [-0.39, 0.29) is 5.03 Å². The maximum atomic E-state index is 12.0. The van der Waals surface area contributed by atoms with Crippen molar-refractivity contribution in [3.8, 4) is 0 Å². The summed E-state index contributed by atoms with van der Waals surface area (Å²) < 4.78 is 27.4. The van der Waals surface area contributed by atoms with Crippen LogP contribution in [0.25, 0.3) is 0 Å². The van der Waals surface area contributed by atoms with E-state index >= 15 is 0 Å². The third-order valence-corrected chi connectivity index (χ3v) is 3.56. The monoisotopic (exact) mass is 293 g/mol. The number of hydrogen-bond donors (Lipinski definition) is 1. The normalized spacial score (nSPS) is 24.6. The number of amides is 1. The van der Waals surface area contributed by atoms with E-state index in [0.29, 0.717) is 24.4 Å². The molecular weight excluding hydrogens is 282 g/mol. The van der Waals surface area contributed by atoms with Crippen molar-refractivity contribution >= 4 is 33.5 Å². The van der Waals surface area contributed by atoms with E-state index in [0.717, 1.165) is 6.26 Å². The predicted molar refractivity (Wildman–Crippen MR) is 65.2 cm³/mol. The molecule has 9 heteroatoms. The van der Waals surface area contributed by atoms with E-state index < -0.39 is 22.3 Å². The first-order chi connectivity index (χ1) is 8.31. The molecule has 0 radical (unpaired) electrons. The van der Waals surface area contributed by atoms with Gasteiger partial charge in [0.2, 0.25) is 0 Å². The van der Waals surface area contributed by atoms with E-state index in [1.807, 2.05) is 0 Å². The van der Waals surface area contributed by atoms with Gasteiger partial charge in [-0.2, -0.15) is 13.5 Å². The zero-order chi connectivity index (χ0) is 13.5. The number of amidine groups is 1. The van der Waals surface area contributed by atoms with Gasteiger partial charge >= 0.3 is 0 Å². The lowest BCUT2D eigenvalue weighted by molar-refractivity contribution is -0.125. The average Bonchev–Trinajstić information content (AvgIpc) is 2.82. The second kappa shape index (κ2) is 4.52. The maximum absolute atomic E-state index is 12.0. The van der Waals surface area contributed by atoms with Crippen LogP contribution in [0.15, 0.2) is 15.7 Å². The summed E-state index contributed by atoms with van der Waals surface area (Å²) in [6, 6.07) is 0. The first kappa shape index (κ1) is 13.3. The van der Waals surface area contributed by atoms with Crippen LogP contribution in [-0.4, -0.2) is 44.1 Å². The van der Waals surface area contributed by atoms with Gasteiger partial charge < -0.3 is 5.43 Å². The highest BCUT2D eigenvalue weighted by Gasteiger charge is 2.42. The molecule has 18 heavy (non-hydrogen) atoms. The molecule has 100 valence electrons. The third kappa shape index (κ3) is 2.36. The topological polar surface area (TPSA) is 88.1 Å². The van der Waals surface area contributed by atoms with Crippen molar-refractivity contribution in [3.63, 3.8) is 0 Å². The number of hydrogen-bond acceptors (Lipinski definition) is 6. The first-order valence-electron chi connectivity index (χ1n) is 5.19. The molecule has 0 spiro atoms. The van der Waals surface area contributed by atoms with Gasteiger partial charge in [-0.15, -0.1) is 0 Å². The van der Waals surface area contributed by atoms with Gasteiger partial charge in [-0.25, -0.2) is 4.18 Å². The van der Waals surface area contributed by atoms with Crippen LogP contribution in [-0.2, 0) is 19.1 Å². The Morgan fingerprint density at radius 2 is 2.22 bits per heavy atom. The van der Waals surface area contributed by atoms with Gasteiger partial charge in [0.05, 0.1) is 6.26 Å². The highest BCUT2D eigenvalue weighted by Crippen LogP contribution is 2.31. The highest BCUT2D eigenvalue weighted by molar-refractivity contribution is 7.86. The molecule has 1 atom stereocenters. The van der Waals surface area contributed by atoms with Gasteiger partial charge in [-0.3, -0.25) is 9.69 Å². The molecule has 2 aliphatic heterocycles. The van der Waals surface area contributed by atoms with Crippen LogP contribution >= 0.6 is 11.6 Å². The van der Waals surface area contributed by atoms with Gasteiger partial charge in [-0.1, -0.05) is 11.6 Å². The van der Waals surface area contributed by atoms with Gasteiger partial charge in [0, 0.05) is 18.5 Å². The molecule has 0 bridgehead atoms. The Balaban J connectivity index is 2.35. The molecule has 2 rings (SSSR count). The minimum absolute atomic E-state index is 0.0294. The summed E-state index contributed by atoms with van der Waals surface area (Å²) in [7, 11) is -3.71. The molecule has 1 N–H and O–H groups in total. The van der Waals surface area contributed by atoms with Crippen LogP contribution in [0.3, 0.4) is 0 Å². The molecule has 0 aromatic rings. The number of nitrogens with zero attached hydrogens (tertiary/aromatic N) is 2. The SMILES string of the molecule is CC1=C(Cl)C(=O)N(C2=NNCC2)C1OS(C)(=O)=O. The maximum Gasteiger partial charge on any atom is 0.273 e. The lowest BCUT2D eigenvalue weighted by Gasteiger charge is -2.24. The van der Waals surface area contributed by atoms with E-state index in [1.165, 1.54) is 4.90 Å². The average molecular weight is 294 g/mol. The van der Waals surface area contributed by atoms with E-state index in [9.17, 15) is 13.2 Å². The van der Waals surface area contributed by atoms with Crippen molar-refractivity contribution in [2.75, 3.05) is 12.8 Å². The zero-order valence-electron chi connectivity index (χ0n) is 9.81. The number of carbonyl (C=O) groups is 1. The van der Waals surface area contributed by atoms with Crippen molar-refractivity contribution < 1.29 is 17.4 Å². The van der Waals surface area contributed by atoms with Gasteiger partial charge in [0.15, 0.2) is 6.23 Å². The fourth-order valence-electron chi connectivity index (χ4n) is 1.76. The summed E-state index contributed by atoms with van der Waals surface area (Å²) in [6.45, 7) is 2.14. The first-order valence-corrected chi connectivity index (χ1v) is 7.38. The summed E-state index contributed by atoms with van der Waals surface area (Å²) in [4.78, 5) is 13.1. The molecule has 2 aliphatic rings. The van der Waals surface area contributed by atoms with Gasteiger partial charge in [0.25, 0.3) is 16.0 Å². The van der Waals surface area contributed by atoms with Gasteiger partial charge in [-0.05, 0) is 6.92 Å². The Morgan fingerprint density at radius 3 is 2.72 bits per heavy atom. The smallest absolute Gasteiger partial charge is 0.273 e. The lowest BCUT2D eigenvalue weighted by Crippen LogP contribution is -2.42. The summed E-state index contributed by atoms with van der Waals surface area (Å²) in [6.07, 6.45) is 0.384. The van der Waals surface area contributed by atoms with Crippen molar-refractivity contribution in [2.24, 2.45) is 5.10 Å². The van der Waals surface area contributed by atoms with Crippen molar-refractivity contribution in [1.29, 1.82) is 0 Å².